The van der Waals surface area contributed by atoms with Crippen LogP contribution < -0.4 is 0 Å². The molecule has 0 aliphatic rings. The number of rotatable bonds is 7. The first-order valence-electron chi connectivity index (χ1n) is 6.34. The maximum absolute atomic E-state index is 11.5. The van der Waals surface area contributed by atoms with Crippen LogP contribution in [-0.4, -0.2) is 28.8 Å². The monoisotopic (exact) mass is 254 g/mol. The molecule has 4 heteroatoms. The predicted molar refractivity (Wildman–Crippen MR) is 72.7 cm³/mol. The molecule has 1 aromatic rings. The summed E-state index contributed by atoms with van der Waals surface area (Å²) in [5, 5.41) is 1.07. The molecule has 3 nitrogen and oxygen atoms in total. The topological polar surface area (TPSA) is 33.2 Å². The molecule has 0 bridgehead atoms. The molecule has 17 heavy (non-hydrogen) atoms. The molecule has 0 radical (unpaired) electrons. The predicted octanol–water partition coefficient (Wildman–Crippen LogP) is 3.14. The molecule has 0 aromatic carbocycles. The van der Waals surface area contributed by atoms with Crippen molar-refractivity contribution in [3.8, 4) is 0 Å². The summed E-state index contributed by atoms with van der Waals surface area (Å²) in [4.78, 5) is 19.3. The van der Waals surface area contributed by atoms with Gasteiger partial charge in [0.05, 0.1) is 17.1 Å². The summed E-state index contributed by atoms with van der Waals surface area (Å²) < 4.78 is 0. The van der Waals surface area contributed by atoms with Crippen molar-refractivity contribution in [1.29, 1.82) is 0 Å². The fourth-order valence-electron chi connectivity index (χ4n) is 1.79. The molecule has 1 heterocycles. The Morgan fingerprint density at radius 3 is 2.41 bits per heavy atom. The van der Waals surface area contributed by atoms with Gasteiger partial charge in [-0.15, -0.1) is 11.3 Å². The second-order valence-electron chi connectivity index (χ2n) is 4.15. The van der Waals surface area contributed by atoms with E-state index in [1.165, 1.54) is 0 Å². The summed E-state index contributed by atoms with van der Waals surface area (Å²) in [5.41, 5.74) is 0.993. The van der Waals surface area contributed by atoms with Crippen molar-refractivity contribution in [1.82, 2.24) is 9.88 Å². The van der Waals surface area contributed by atoms with Crippen molar-refractivity contribution >= 4 is 17.1 Å². The van der Waals surface area contributed by atoms with Crippen molar-refractivity contribution in [2.45, 2.75) is 47.1 Å². The highest BCUT2D eigenvalue weighted by atomic mass is 32.1. The van der Waals surface area contributed by atoms with Gasteiger partial charge in [0, 0.05) is 6.92 Å². The number of aryl methyl sites for hydroxylation is 1. The molecule has 1 aromatic heterocycles. The fraction of sp³-hybridized carbons (Fsp3) is 0.692. The average Bonchev–Trinajstić information content (AvgIpc) is 2.69. The molecule has 0 aliphatic carbocycles. The second-order valence-corrected chi connectivity index (χ2v) is 5.23. The zero-order valence-electron chi connectivity index (χ0n) is 11.2. The molecule has 0 spiro atoms. The first-order chi connectivity index (χ1) is 8.12. The van der Waals surface area contributed by atoms with Crippen LogP contribution in [0.1, 0.15) is 54.5 Å². The number of Topliss-reactive ketones (excluding diaryl/α,β-unsaturated/α-hetero) is 1. The molecular formula is C13H22N2OS. The van der Waals surface area contributed by atoms with Gasteiger partial charge in [0.15, 0.2) is 5.78 Å². The van der Waals surface area contributed by atoms with Gasteiger partial charge in [0.1, 0.15) is 5.01 Å². The molecule has 0 atom stereocenters. The van der Waals surface area contributed by atoms with Gasteiger partial charge in [0.25, 0.3) is 0 Å². The molecule has 96 valence electrons. The maximum Gasteiger partial charge on any atom is 0.171 e. The highest BCUT2D eigenvalue weighted by Gasteiger charge is 2.15. The van der Waals surface area contributed by atoms with Crippen molar-refractivity contribution in [2.75, 3.05) is 13.1 Å². The minimum atomic E-state index is 0.150. The quantitative estimate of drug-likeness (QED) is 0.701. The number of aromatic nitrogens is 1. The third kappa shape index (κ3) is 3.89. The zero-order valence-corrected chi connectivity index (χ0v) is 12.1. The van der Waals surface area contributed by atoms with Crippen LogP contribution in [0.4, 0.5) is 0 Å². The number of carbonyl (C=O) groups excluding carboxylic acids is 1. The van der Waals surface area contributed by atoms with Crippen molar-refractivity contribution in [3.05, 3.63) is 15.6 Å². The lowest BCUT2D eigenvalue weighted by molar-refractivity contribution is 0.102. The Balaban J connectivity index is 2.87. The van der Waals surface area contributed by atoms with Gasteiger partial charge in [-0.1, -0.05) is 27.2 Å². The zero-order chi connectivity index (χ0) is 12.8. The third-order valence-corrected chi connectivity index (χ3v) is 3.98. The smallest absolute Gasteiger partial charge is 0.171 e. The molecular weight excluding hydrogens is 232 g/mol. The van der Waals surface area contributed by atoms with Gasteiger partial charge in [-0.3, -0.25) is 9.69 Å². The molecule has 0 saturated carbocycles. The Labute approximate surface area is 108 Å². The summed E-state index contributed by atoms with van der Waals surface area (Å²) in [5.74, 6) is 0.150. The van der Waals surface area contributed by atoms with Gasteiger partial charge < -0.3 is 0 Å². The number of ketones is 1. The van der Waals surface area contributed by atoms with E-state index >= 15 is 0 Å². The highest BCUT2D eigenvalue weighted by molar-refractivity contribution is 7.13. The number of hydrogen-bond acceptors (Lipinski definition) is 4. The van der Waals surface area contributed by atoms with E-state index in [1.54, 1.807) is 18.3 Å². The van der Waals surface area contributed by atoms with E-state index in [-0.39, 0.29) is 5.78 Å². The van der Waals surface area contributed by atoms with Crippen LogP contribution in [0.25, 0.3) is 0 Å². The van der Waals surface area contributed by atoms with Gasteiger partial charge >= 0.3 is 0 Å². The first-order valence-corrected chi connectivity index (χ1v) is 7.15. The van der Waals surface area contributed by atoms with Crippen LogP contribution in [-0.2, 0) is 13.0 Å². The summed E-state index contributed by atoms with van der Waals surface area (Å²) in [6, 6.07) is 0. The van der Waals surface area contributed by atoms with E-state index < -0.39 is 0 Å². The summed E-state index contributed by atoms with van der Waals surface area (Å²) in [6.45, 7) is 11.0. The molecule has 0 saturated heterocycles. The second kappa shape index (κ2) is 6.87. The van der Waals surface area contributed by atoms with Crippen LogP contribution in [0.2, 0.25) is 0 Å². The molecule has 0 N–H and O–H groups in total. The first kappa shape index (κ1) is 14.3. The molecule has 0 unspecified atom stereocenters. The Hall–Kier alpha value is -0.740. The maximum atomic E-state index is 11.5. The average molecular weight is 254 g/mol. The molecule has 0 amide bonds. The summed E-state index contributed by atoms with van der Waals surface area (Å²) >= 11 is 1.56. The number of nitrogens with zero attached hydrogens (tertiary/aromatic N) is 2. The lowest BCUT2D eigenvalue weighted by Gasteiger charge is -2.15. The SMILES string of the molecule is CCCc1nc(CN(CC)CC)sc1C(C)=O. The molecule has 1 rings (SSSR count). The minimum absolute atomic E-state index is 0.150. The van der Waals surface area contributed by atoms with Gasteiger partial charge in [-0.05, 0) is 19.5 Å². The normalized spacial score (nSPS) is 11.1. The lowest BCUT2D eigenvalue weighted by atomic mass is 10.2. The Morgan fingerprint density at radius 2 is 1.94 bits per heavy atom. The van der Waals surface area contributed by atoms with Crippen molar-refractivity contribution in [3.63, 3.8) is 0 Å². The van der Waals surface area contributed by atoms with E-state index in [0.717, 1.165) is 48.1 Å². The number of thiazole rings is 1. The third-order valence-electron chi connectivity index (χ3n) is 2.80. The standard InChI is InChI=1S/C13H22N2OS/c1-5-8-11-13(10(4)16)17-12(14-11)9-15(6-2)7-3/h5-9H2,1-4H3. The van der Waals surface area contributed by atoms with Gasteiger partial charge in [-0.2, -0.15) is 0 Å². The Morgan fingerprint density at radius 1 is 1.29 bits per heavy atom. The largest absolute Gasteiger partial charge is 0.297 e. The fourth-order valence-corrected chi connectivity index (χ4v) is 2.84. The van der Waals surface area contributed by atoms with Crippen LogP contribution in [0, 0.1) is 0 Å². The van der Waals surface area contributed by atoms with Crippen LogP contribution >= 0.6 is 11.3 Å². The minimum Gasteiger partial charge on any atom is -0.297 e. The van der Waals surface area contributed by atoms with Gasteiger partial charge in [-0.25, -0.2) is 4.98 Å². The van der Waals surface area contributed by atoms with E-state index in [2.05, 4.69) is 30.7 Å². The summed E-state index contributed by atoms with van der Waals surface area (Å²) in [6.07, 6.45) is 1.94. The van der Waals surface area contributed by atoms with Crippen LogP contribution in [0.3, 0.4) is 0 Å². The molecule has 0 fully saturated rings. The van der Waals surface area contributed by atoms with Crippen LogP contribution in [0.5, 0.6) is 0 Å². The van der Waals surface area contributed by atoms with Crippen molar-refractivity contribution in [2.24, 2.45) is 0 Å². The Kier molecular flexibility index (Phi) is 5.78. The molecule has 0 aliphatic heterocycles. The van der Waals surface area contributed by atoms with E-state index in [0.29, 0.717) is 0 Å². The van der Waals surface area contributed by atoms with Gasteiger partial charge in [0.2, 0.25) is 0 Å². The van der Waals surface area contributed by atoms with E-state index in [4.69, 9.17) is 0 Å². The number of hydrogen-bond donors (Lipinski definition) is 0. The number of carbonyl (C=O) groups is 1. The van der Waals surface area contributed by atoms with E-state index in [1.807, 2.05) is 0 Å². The van der Waals surface area contributed by atoms with Crippen molar-refractivity contribution < 1.29 is 4.79 Å². The summed E-state index contributed by atoms with van der Waals surface area (Å²) in [7, 11) is 0. The highest BCUT2D eigenvalue weighted by Crippen LogP contribution is 2.21. The van der Waals surface area contributed by atoms with E-state index in [9.17, 15) is 4.79 Å². The Bertz CT molecular complexity index is 369. The lowest BCUT2D eigenvalue weighted by Crippen LogP contribution is -2.21. The van der Waals surface area contributed by atoms with Crippen LogP contribution in [0.15, 0.2) is 0 Å².